The number of hydrogen-bond acceptors (Lipinski definition) is 9. The maximum Gasteiger partial charge on any atom is 0.335 e. The predicted octanol–water partition coefficient (Wildman–Crippen LogP) is 1.16. The highest BCUT2D eigenvalue weighted by Gasteiger charge is 2.48. The standard InChI is InChI=1S/C27H35NO9/c1-2-14-28-15-18(36-27-24(32)22(30)23(31)25(37-27)26(33)34)16-35-21-11-7-6-10-19(21)20(29)13-12-17-8-4-3-5-9-17/h3-11,18,22-25,27-28,30-32H,2,12-16H2,1H3,(H,33,34)/t18?,22-,23-,24+,25-,27+/m0/s1/i1D3,2D2. The predicted molar refractivity (Wildman–Crippen MR) is 133 cm³/mol. The Morgan fingerprint density at radius 2 is 1.81 bits per heavy atom. The zero-order chi connectivity index (χ0) is 31.1. The molecule has 2 aromatic rings. The number of benzene rings is 2. The van der Waals surface area contributed by atoms with E-state index in [9.17, 15) is 30.0 Å². The summed E-state index contributed by atoms with van der Waals surface area (Å²) in [5, 5.41) is 42.4. The number of carbonyl (C=O) groups is 2. The Morgan fingerprint density at radius 1 is 1.08 bits per heavy atom. The lowest BCUT2D eigenvalue weighted by atomic mass is 9.99. The minimum absolute atomic E-state index is 0.191. The molecule has 10 nitrogen and oxygen atoms in total. The molecule has 1 unspecified atom stereocenters. The van der Waals surface area contributed by atoms with Crippen molar-refractivity contribution in [1.29, 1.82) is 0 Å². The fourth-order valence-electron chi connectivity index (χ4n) is 3.84. The van der Waals surface area contributed by atoms with Gasteiger partial charge in [0, 0.05) is 19.8 Å². The first-order chi connectivity index (χ1) is 19.7. The molecule has 1 fully saturated rings. The SMILES string of the molecule is [2H]C([2H])([2H])C([2H])([2H])CNCC(COc1ccccc1C(=O)CCc1ccccc1)O[C@@H]1O[C@H](C(=O)O)[C@@H](O)[C@H](O)[C@H]1O. The molecule has 2 aromatic carbocycles. The molecule has 1 aliphatic heterocycles. The molecule has 5 N–H and O–H groups in total. The van der Waals surface area contributed by atoms with Crippen LogP contribution in [0, 0.1) is 0 Å². The van der Waals surface area contributed by atoms with E-state index < -0.39 is 62.5 Å². The van der Waals surface area contributed by atoms with Crippen molar-refractivity contribution in [3.63, 3.8) is 0 Å². The van der Waals surface area contributed by atoms with Crippen LogP contribution < -0.4 is 10.1 Å². The van der Waals surface area contributed by atoms with Gasteiger partial charge in [-0.2, -0.15) is 0 Å². The summed E-state index contributed by atoms with van der Waals surface area (Å²) in [6.07, 6.45) is -12.4. The molecule has 1 heterocycles. The Hall–Kier alpha value is -2.86. The zero-order valence-corrected chi connectivity index (χ0v) is 20.0. The van der Waals surface area contributed by atoms with Gasteiger partial charge in [-0.3, -0.25) is 4.79 Å². The van der Waals surface area contributed by atoms with E-state index in [4.69, 9.17) is 21.1 Å². The lowest BCUT2D eigenvalue weighted by Crippen LogP contribution is -2.61. The normalized spacial score (nSPS) is 27.1. The summed E-state index contributed by atoms with van der Waals surface area (Å²) in [5.74, 6) is -1.60. The molecule has 37 heavy (non-hydrogen) atoms. The number of carboxylic acids is 1. The molecule has 202 valence electrons. The molecule has 0 aromatic heterocycles. The molecular weight excluding hydrogens is 482 g/mol. The van der Waals surface area contributed by atoms with Crippen LogP contribution in [0.1, 0.15) is 42.4 Å². The third-order valence-electron chi connectivity index (χ3n) is 5.82. The molecule has 3 rings (SSSR count). The largest absolute Gasteiger partial charge is 0.490 e. The molecule has 0 spiro atoms. The van der Waals surface area contributed by atoms with E-state index in [1.165, 1.54) is 0 Å². The van der Waals surface area contributed by atoms with Gasteiger partial charge in [0.1, 0.15) is 36.8 Å². The average Bonchev–Trinajstić information content (AvgIpc) is 2.94. The smallest absolute Gasteiger partial charge is 0.335 e. The van der Waals surface area contributed by atoms with Crippen molar-refractivity contribution in [2.24, 2.45) is 0 Å². The first-order valence-electron chi connectivity index (χ1n) is 14.3. The lowest BCUT2D eigenvalue weighted by molar-refractivity contribution is -0.305. The fourth-order valence-corrected chi connectivity index (χ4v) is 3.84. The Balaban J connectivity index is 1.74. The summed E-state index contributed by atoms with van der Waals surface area (Å²) in [4.78, 5) is 24.5. The maximum atomic E-state index is 13.0. The Morgan fingerprint density at radius 3 is 2.54 bits per heavy atom. The van der Waals surface area contributed by atoms with Crippen molar-refractivity contribution in [3.8, 4) is 5.75 Å². The van der Waals surface area contributed by atoms with Gasteiger partial charge in [-0.25, -0.2) is 4.79 Å². The van der Waals surface area contributed by atoms with E-state index in [-0.39, 0.29) is 36.7 Å². The van der Waals surface area contributed by atoms with Crippen LogP contribution in [-0.2, 0) is 20.7 Å². The van der Waals surface area contributed by atoms with Crippen LogP contribution in [-0.4, -0.2) is 88.7 Å². The average molecular weight is 523 g/mol. The fraction of sp³-hybridized carbons (Fsp3) is 0.481. The first-order valence-corrected chi connectivity index (χ1v) is 11.8. The third-order valence-corrected chi connectivity index (χ3v) is 5.82. The van der Waals surface area contributed by atoms with Gasteiger partial charge in [0.25, 0.3) is 0 Å². The lowest BCUT2D eigenvalue weighted by Gasteiger charge is -2.39. The van der Waals surface area contributed by atoms with Crippen LogP contribution in [0.15, 0.2) is 54.6 Å². The molecule has 0 saturated carbocycles. The second-order valence-electron chi connectivity index (χ2n) is 8.52. The number of aliphatic hydroxyl groups excluding tert-OH is 3. The van der Waals surface area contributed by atoms with E-state index in [0.29, 0.717) is 6.42 Å². The summed E-state index contributed by atoms with van der Waals surface area (Å²) in [6.45, 7) is -4.15. The van der Waals surface area contributed by atoms with Gasteiger partial charge in [-0.05, 0) is 37.0 Å². The quantitative estimate of drug-likeness (QED) is 0.228. The van der Waals surface area contributed by atoms with Gasteiger partial charge in [0.2, 0.25) is 0 Å². The zero-order valence-electron chi connectivity index (χ0n) is 25.0. The third kappa shape index (κ3) is 8.06. The molecule has 0 bridgehead atoms. The van der Waals surface area contributed by atoms with E-state index in [2.05, 4.69) is 5.32 Å². The summed E-state index contributed by atoms with van der Waals surface area (Å²) in [6, 6.07) is 15.9. The van der Waals surface area contributed by atoms with Crippen LogP contribution in [0.5, 0.6) is 5.75 Å². The van der Waals surface area contributed by atoms with Crippen LogP contribution in [0.2, 0.25) is 0 Å². The summed E-state index contributed by atoms with van der Waals surface area (Å²) in [5.41, 5.74) is 1.27. The summed E-state index contributed by atoms with van der Waals surface area (Å²) in [7, 11) is 0. The van der Waals surface area contributed by atoms with Crippen molar-refractivity contribution in [2.75, 3.05) is 19.7 Å². The molecule has 0 aliphatic carbocycles. The molecule has 0 radical (unpaired) electrons. The molecule has 6 atom stereocenters. The second-order valence-corrected chi connectivity index (χ2v) is 8.52. The van der Waals surface area contributed by atoms with Crippen molar-refractivity contribution >= 4 is 11.8 Å². The number of aliphatic carboxylic acids is 1. The van der Waals surface area contributed by atoms with Gasteiger partial charge in [0.05, 0.1) is 5.56 Å². The number of aliphatic hydroxyl groups is 3. The first kappa shape index (κ1) is 22.2. The van der Waals surface area contributed by atoms with Crippen LogP contribution in [0.25, 0.3) is 0 Å². The highest BCUT2D eigenvalue weighted by Crippen LogP contribution is 2.25. The highest BCUT2D eigenvalue weighted by atomic mass is 16.7. The molecule has 1 aliphatic rings. The van der Waals surface area contributed by atoms with E-state index in [0.717, 1.165) is 5.56 Å². The minimum Gasteiger partial charge on any atom is -0.490 e. The van der Waals surface area contributed by atoms with Crippen LogP contribution >= 0.6 is 0 Å². The molecule has 10 heteroatoms. The molecule has 1 saturated heterocycles. The van der Waals surface area contributed by atoms with Crippen molar-refractivity contribution in [1.82, 2.24) is 5.32 Å². The monoisotopic (exact) mass is 522 g/mol. The van der Waals surface area contributed by atoms with Crippen molar-refractivity contribution in [2.45, 2.75) is 62.9 Å². The number of nitrogens with one attached hydrogen (secondary N) is 1. The molecule has 0 amide bonds. The number of carbonyl (C=O) groups excluding carboxylic acids is 1. The summed E-state index contributed by atoms with van der Waals surface area (Å²) < 4.78 is 54.4. The number of aryl methyl sites for hydroxylation is 1. The van der Waals surface area contributed by atoms with Gasteiger partial charge >= 0.3 is 5.97 Å². The highest BCUT2D eigenvalue weighted by molar-refractivity contribution is 5.98. The summed E-state index contributed by atoms with van der Waals surface area (Å²) >= 11 is 0. The Labute approximate surface area is 222 Å². The van der Waals surface area contributed by atoms with E-state index >= 15 is 0 Å². The van der Waals surface area contributed by atoms with E-state index in [1.54, 1.807) is 24.3 Å². The van der Waals surface area contributed by atoms with Crippen molar-refractivity contribution < 1.29 is 51.1 Å². The second kappa shape index (κ2) is 14.2. The van der Waals surface area contributed by atoms with Crippen LogP contribution in [0.3, 0.4) is 0 Å². The number of ketones is 1. The van der Waals surface area contributed by atoms with Gasteiger partial charge < -0.3 is 40.0 Å². The van der Waals surface area contributed by atoms with Gasteiger partial charge in [-0.1, -0.05) is 49.3 Å². The topological polar surface area (TPSA) is 155 Å². The number of para-hydroxylation sites is 1. The van der Waals surface area contributed by atoms with Crippen LogP contribution in [0.4, 0.5) is 0 Å². The maximum absolute atomic E-state index is 13.0. The minimum atomic E-state index is -2.93. The number of carboxylic acid groups (broad SMARTS) is 1. The van der Waals surface area contributed by atoms with Crippen molar-refractivity contribution in [3.05, 3.63) is 65.7 Å². The van der Waals surface area contributed by atoms with Gasteiger partial charge in [-0.15, -0.1) is 0 Å². The van der Waals surface area contributed by atoms with E-state index in [1.807, 2.05) is 30.3 Å². The molecular formula is C27H35NO9. The Kier molecular flexibility index (Phi) is 8.49. The van der Waals surface area contributed by atoms with Gasteiger partial charge in [0.15, 0.2) is 18.2 Å². The number of rotatable bonds is 14. The number of ether oxygens (including phenoxy) is 3. The number of Topliss-reactive ketones (excluding diaryl/α,β-unsaturated/α-hetero) is 1. The number of hydrogen-bond donors (Lipinski definition) is 5. The Bertz CT molecular complexity index is 1180.